The molecule has 0 spiro atoms. The zero-order valence-corrected chi connectivity index (χ0v) is 13.9. The molecule has 1 unspecified atom stereocenters. The molecule has 1 atom stereocenters. The van der Waals surface area contributed by atoms with Crippen molar-refractivity contribution in [3.63, 3.8) is 0 Å². The largest absolute Gasteiger partial charge is 0.357 e. The lowest BCUT2D eigenvalue weighted by molar-refractivity contribution is -0.121. The molecule has 118 valence electrons. The molecule has 1 amide bonds. The molecular weight excluding hydrogens is 284 g/mol. The molecule has 1 heterocycles. The summed E-state index contributed by atoms with van der Waals surface area (Å²) in [6, 6.07) is 2.30. The fraction of sp³-hybridized carbons (Fsp3) is 0.600. The number of thiophene rings is 1. The molecule has 1 rings (SSSR count). The van der Waals surface area contributed by atoms with Gasteiger partial charge in [-0.1, -0.05) is 6.92 Å². The number of hydrogen-bond acceptors (Lipinski definition) is 3. The van der Waals surface area contributed by atoms with E-state index >= 15 is 0 Å². The maximum atomic E-state index is 11.7. The highest BCUT2D eigenvalue weighted by atomic mass is 32.1. The molecule has 0 aliphatic carbocycles. The SMILES string of the molecule is CCNC(=NCc1ccsc1)NCCC(=O)NC(C)CC. The van der Waals surface area contributed by atoms with Crippen molar-refractivity contribution in [2.24, 2.45) is 4.99 Å². The number of nitrogens with zero attached hydrogens (tertiary/aromatic N) is 1. The Morgan fingerprint density at radius 3 is 2.81 bits per heavy atom. The number of carbonyl (C=O) groups is 1. The maximum Gasteiger partial charge on any atom is 0.221 e. The van der Waals surface area contributed by atoms with Gasteiger partial charge in [0.05, 0.1) is 6.54 Å². The second kappa shape index (κ2) is 10.2. The lowest BCUT2D eigenvalue weighted by atomic mass is 10.2. The Hall–Kier alpha value is -1.56. The number of carbonyl (C=O) groups excluding carboxylic acids is 1. The van der Waals surface area contributed by atoms with Crippen LogP contribution in [0.4, 0.5) is 0 Å². The summed E-state index contributed by atoms with van der Waals surface area (Å²) >= 11 is 1.67. The van der Waals surface area contributed by atoms with Crippen LogP contribution in [0.15, 0.2) is 21.8 Å². The number of rotatable bonds is 8. The minimum atomic E-state index is 0.0746. The van der Waals surface area contributed by atoms with Gasteiger partial charge in [0.2, 0.25) is 5.91 Å². The van der Waals surface area contributed by atoms with Crippen LogP contribution in [0.1, 0.15) is 39.2 Å². The fourth-order valence-corrected chi connectivity index (χ4v) is 2.30. The van der Waals surface area contributed by atoms with E-state index < -0.39 is 0 Å². The van der Waals surface area contributed by atoms with Crippen LogP contribution in [0.25, 0.3) is 0 Å². The lowest BCUT2D eigenvalue weighted by Gasteiger charge is -2.13. The first-order valence-electron chi connectivity index (χ1n) is 7.48. The Kier molecular flexibility index (Phi) is 8.50. The first kappa shape index (κ1) is 17.5. The van der Waals surface area contributed by atoms with Gasteiger partial charge in [0.25, 0.3) is 0 Å². The normalized spacial score (nSPS) is 12.8. The Labute approximate surface area is 131 Å². The summed E-state index contributed by atoms with van der Waals surface area (Å²) in [6.45, 7) is 8.13. The molecule has 0 saturated carbocycles. The fourth-order valence-electron chi connectivity index (χ4n) is 1.64. The van der Waals surface area contributed by atoms with Gasteiger partial charge < -0.3 is 16.0 Å². The van der Waals surface area contributed by atoms with Gasteiger partial charge >= 0.3 is 0 Å². The maximum absolute atomic E-state index is 11.7. The van der Waals surface area contributed by atoms with E-state index in [0.717, 1.165) is 18.9 Å². The van der Waals surface area contributed by atoms with Crippen molar-refractivity contribution < 1.29 is 4.79 Å². The Balaban J connectivity index is 2.33. The standard InChI is InChI=1S/C15H26N4OS/c1-4-12(3)19-14(20)6-8-17-15(16-5-2)18-10-13-7-9-21-11-13/h7,9,11-12H,4-6,8,10H2,1-3H3,(H,19,20)(H2,16,17,18). The lowest BCUT2D eigenvalue weighted by Crippen LogP contribution is -2.40. The van der Waals surface area contributed by atoms with E-state index in [4.69, 9.17) is 0 Å². The van der Waals surface area contributed by atoms with Crippen molar-refractivity contribution in [2.45, 2.75) is 46.2 Å². The minimum absolute atomic E-state index is 0.0746. The van der Waals surface area contributed by atoms with Crippen molar-refractivity contribution in [3.8, 4) is 0 Å². The molecule has 1 aromatic rings. The average Bonchev–Trinajstić information content (AvgIpc) is 2.97. The van der Waals surface area contributed by atoms with Gasteiger partial charge in [-0.15, -0.1) is 0 Å². The third-order valence-corrected chi connectivity index (χ3v) is 3.74. The summed E-state index contributed by atoms with van der Waals surface area (Å²) in [5.41, 5.74) is 1.20. The van der Waals surface area contributed by atoms with Crippen LogP contribution in [0.2, 0.25) is 0 Å². The minimum Gasteiger partial charge on any atom is -0.357 e. The van der Waals surface area contributed by atoms with Crippen LogP contribution in [0, 0.1) is 0 Å². The van der Waals surface area contributed by atoms with Gasteiger partial charge in [-0.25, -0.2) is 4.99 Å². The van der Waals surface area contributed by atoms with E-state index in [9.17, 15) is 4.79 Å². The summed E-state index contributed by atoms with van der Waals surface area (Å²) < 4.78 is 0. The number of guanidine groups is 1. The van der Waals surface area contributed by atoms with Crippen LogP contribution in [0.5, 0.6) is 0 Å². The molecule has 5 nitrogen and oxygen atoms in total. The van der Waals surface area contributed by atoms with Crippen LogP contribution in [-0.4, -0.2) is 31.0 Å². The van der Waals surface area contributed by atoms with Crippen LogP contribution < -0.4 is 16.0 Å². The first-order valence-corrected chi connectivity index (χ1v) is 8.42. The number of aliphatic imine (C=N–C) groups is 1. The van der Waals surface area contributed by atoms with Crippen molar-refractivity contribution in [3.05, 3.63) is 22.4 Å². The molecule has 0 radical (unpaired) electrons. The van der Waals surface area contributed by atoms with E-state index in [1.165, 1.54) is 5.56 Å². The number of hydrogen-bond donors (Lipinski definition) is 3. The van der Waals surface area contributed by atoms with Crippen molar-refractivity contribution in [1.82, 2.24) is 16.0 Å². The highest BCUT2D eigenvalue weighted by Gasteiger charge is 2.05. The predicted molar refractivity (Wildman–Crippen MR) is 89.7 cm³/mol. The molecule has 0 saturated heterocycles. The second-order valence-electron chi connectivity index (χ2n) is 4.88. The number of nitrogens with one attached hydrogen (secondary N) is 3. The smallest absolute Gasteiger partial charge is 0.221 e. The predicted octanol–water partition coefficient (Wildman–Crippen LogP) is 2.11. The molecule has 0 aliphatic heterocycles. The van der Waals surface area contributed by atoms with E-state index in [-0.39, 0.29) is 11.9 Å². The van der Waals surface area contributed by atoms with E-state index in [1.807, 2.05) is 19.2 Å². The first-order chi connectivity index (χ1) is 10.2. The van der Waals surface area contributed by atoms with Crippen LogP contribution in [0.3, 0.4) is 0 Å². The zero-order valence-electron chi connectivity index (χ0n) is 13.1. The van der Waals surface area contributed by atoms with Gasteiger partial charge in [0, 0.05) is 25.6 Å². The van der Waals surface area contributed by atoms with Crippen LogP contribution >= 0.6 is 11.3 Å². The highest BCUT2D eigenvalue weighted by Crippen LogP contribution is 2.06. The molecule has 0 fully saturated rings. The zero-order chi connectivity index (χ0) is 15.5. The van der Waals surface area contributed by atoms with Crippen molar-refractivity contribution in [2.75, 3.05) is 13.1 Å². The van der Waals surface area contributed by atoms with E-state index in [2.05, 4.69) is 39.3 Å². The third-order valence-electron chi connectivity index (χ3n) is 3.01. The summed E-state index contributed by atoms with van der Waals surface area (Å²) in [7, 11) is 0. The summed E-state index contributed by atoms with van der Waals surface area (Å²) in [4.78, 5) is 16.2. The van der Waals surface area contributed by atoms with Crippen LogP contribution in [-0.2, 0) is 11.3 Å². The second-order valence-corrected chi connectivity index (χ2v) is 5.66. The Morgan fingerprint density at radius 1 is 1.38 bits per heavy atom. The van der Waals surface area contributed by atoms with Gasteiger partial charge in [-0.05, 0) is 42.7 Å². The number of amides is 1. The van der Waals surface area contributed by atoms with Gasteiger partial charge in [0.1, 0.15) is 0 Å². The molecule has 1 aromatic heterocycles. The molecule has 3 N–H and O–H groups in total. The molecule has 0 aliphatic rings. The Bertz CT molecular complexity index is 431. The molecule has 0 bridgehead atoms. The third kappa shape index (κ3) is 7.70. The monoisotopic (exact) mass is 310 g/mol. The highest BCUT2D eigenvalue weighted by molar-refractivity contribution is 7.07. The van der Waals surface area contributed by atoms with Gasteiger partial charge in [-0.2, -0.15) is 11.3 Å². The molecule has 6 heteroatoms. The topological polar surface area (TPSA) is 65.5 Å². The Morgan fingerprint density at radius 2 is 2.19 bits per heavy atom. The molecular formula is C15H26N4OS. The quantitative estimate of drug-likeness (QED) is 0.509. The average molecular weight is 310 g/mol. The van der Waals surface area contributed by atoms with E-state index in [0.29, 0.717) is 19.5 Å². The van der Waals surface area contributed by atoms with Crippen molar-refractivity contribution in [1.29, 1.82) is 0 Å². The molecule has 21 heavy (non-hydrogen) atoms. The summed E-state index contributed by atoms with van der Waals surface area (Å²) in [5.74, 6) is 0.825. The van der Waals surface area contributed by atoms with E-state index in [1.54, 1.807) is 11.3 Å². The summed E-state index contributed by atoms with van der Waals surface area (Å²) in [5, 5.41) is 13.5. The summed E-state index contributed by atoms with van der Waals surface area (Å²) in [6.07, 6.45) is 1.40. The van der Waals surface area contributed by atoms with Gasteiger partial charge in [-0.3, -0.25) is 4.79 Å². The van der Waals surface area contributed by atoms with Gasteiger partial charge in [0.15, 0.2) is 5.96 Å². The van der Waals surface area contributed by atoms with Crippen molar-refractivity contribution >= 4 is 23.2 Å². The molecule has 0 aromatic carbocycles.